The van der Waals surface area contributed by atoms with E-state index in [2.05, 4.69) is 15.5 Å². The summed E-state index contributed by atoms with van der Waals surface area (Å²) >= 11 is 5.78. The number of likely N-dealkylation sites (tertiary alicyclic amines) is 1. The topological polar surface area (TPSA) is 53.6 Å². The SMILES string of the molecule is Cl.Cl.O=C(CN1CCCC1)NC[C@@H]1CNCCO[C@H]1c1ccc(Cl)c(F)c1. The van der Waals surface area contributed by atoms with Gasteiger partial charge in [0.25, 0.3) is 0 Å². The monoisotopic (exact) mass is 441 g/mol. The minimum absolute atomic E-state index is 0. The molecule has 2 aliphatic heterocycles. The fourth-order valence-corrected chi connectivity index (χ4v) is 3.59. The second kappa shape index (κ2) is 12.0. The van der Waals surface area contributed by atoms with E-state index < -0.39 is 5.82 Å². The molecule has 2 saturated heterocycles. The van der Waals surface area contributed by atoms with Gasteiger partial charge in [0, 0.05) is 25.6 Å². The van der Waals surface area contributed by atoms with Crippen LogP contribution in [0.2, 0.25) is 5.02 Å². The van der Waals surface area contributed by atoms with Gasteiger partial charge >= 0.3 is 0 Å². The predicted octanol–water partition coefficient (Wildman–Crippen LogP) is 2.81. The Balaban J connectivity index is 0.00000182. The average molecular weight is 443 g/mol. The third-order valence-electron chi connectivity index (χ3n) is 4.81. The lowest BCUT2D eigenvalue weighted by Crippen LogP contribution is -2.41. The number of hydrogen-bond donors (Lipinski definition) is 2. The number of nitrogens with zero attached hydrogens (tertiary/aromatic N) is 1. The maximum Gasteiger partial charge on any atom is 0.234 e. The van der Waals surface area contributed by atoms with Crippen molar-refractivity contribution in [1.82, 2.24) is 15.5 Å². The minimum Gasteiger partial charge on any atom is -0.372 e. The predicted molar refractivity (Wildman–Crippen MR) is 110 cm³/mol. The minimum atomic E-state index is -0.447. The van der Waals surface area contributed by atoms with Gasteiger partial charge in [0.2, 0.25) is 5.91 Å². The molecule has 0 aliphatic carbocycles. The van der Waals surface area contributed by atoms with Gasteiger partial charge < -0.3 is 15.4 Å². The quantitative estimate of drug-likeness (QED) is 0.736. The van der Waals surface area contributed by atoms with Crippen molar-refractivity contribution in [2.45, 2.75) is 18.9 Å². The number of nitrogens with one attached hydrogen (secondary N) is 2. The molecule has 2 atom stereocenters. The zero-order valence-electron chi connectivity index (χ0n) is 15.1. The summed E-state index contributed by atoms with van der Waals surface area (Å²) in [6, 6.07) is 4.77. The van der Waals surface area contributed by atoms with Gasteiger partial charge in [-0.05, 0) is 43.6 Å². The van der Waals surface area contributed by atoms with E-state index in [0.717, 1.165) is 38.0 Å². The van der Waals surface area contributed by atoms with E-state index in [-0.39, 0.29) is 47.8 Å². The summed E-state index contributed by atoms with van der Waals surface area (Å²) in [5.41, 5.74) is 0.754. The van der Waals surface area contributed by atoms with Gasteiger partial charge in [-0.1, -0.05) is 17.7 Å². The van der Waals surface area contributed by atoms with E-state index in [1.165, 1.54) is 6.07 Å². The fourth-order valence-electron chi connectivity index (χ4n) is 3.47. The zero-order valence-corrected chi connectivity index (χ0v) is 17.5. The summed E-state index contributed by atoms with van der Waals surface area (Å²) in [6.45, 7) is 4.93. The second-order valence-electron chi connectivity index (χ2n) is 6.72. The standard InChI is InChI=1S/C18H25ClFN3O2.2ClH/c19-15-4-3-13(9-16(15)20)18-14(10-21-5-8-25-18)11-22-17(24)12-23-6-1-2-7-23;;/h3-4,9,14,18,21H,1-2,5-8,10-12H2,(H,22,24);2*1H/t14-,18-;;/m0../s1. The molecule has 0 spiro atoms. The van der Waals surface area contributed by atoms with Crippen molar-refractivity contribution in [3.8, 4) is 0 Å². The first-order chi connectivity index (χ1) is 12.1. The van der Waals surface area contributed by atoms with E-state index in [1.807, 2.05) is 0 Å². The zero-order chi connectivity index (χ0) is 17.6. The molecule has 2 heterocycles. The molecule has 0 bridgehead atoms. The molecule has 27 heavy (non-hydrogen) atoms. The summed E-state index contributed by atoms with van der Waals surface area (Å²) in [5.74, 6) is -0.380. The number of carbonyl (C=O) groups is 1. The summed E-state index contributed by atoms with van der Waals surface area (Å²) in [5, 5.41) is 6.43. The summed E-state index contributed by atoms with van der Waals surface area (Å²) in [4.78, 5) is 14.3. The Labute approximate surface area is 177 Å². The van der Waals surface area contributed by atoms with Gasteiger partial charge in [0.1, 0.15) is 5.82 Å². The molecule has 0 radical (unpaired) electrons. The van der Waals surface area contributed by atoms with Crippen LogP contribution in [0.25, 0.3) is 0 Å². The number of hydrogen-bond acceptors (Lipinski definition) is 4. The van der Waals surface area contributed by atoms with Crippen molar-refractivity contribution in [2.24, 2.45) is 5.92 Å². The largest absolute Gasteiger partial charge is 0.372 e. The Morgan fingerprint density at radius 2 is 2.07 bits per heavy atom. The van der Waals surface area contributed by atoms with Crippen LogP contribution in [0.5, 0.6) is 0 Å². The number of benzene rings is 1. The first-order valence-electron chi connectivity index (χ1n) is 8.90. The van der Waals surface area contributed by atoms with E-state index in [1.54, 1.807) is 12.1 Å². The highest BCUT2D eigenvalue weighted by atomic mass is 35.5. The van der Waals surface area contributed by atoms with Crippen LogP contribution < -0.4 is 10.6 Å². The Hall–Kier alpha value is -0.630. The van der Waals surface area contributed by atoms with Gasteiger partial charge in [0.15, 0.2) is 0 Å². The molecular formula is C18H27Cl3FN3O2. The van der Waals surface area contributed by atoms with Crippen LogP contribution in [0.4, 0.5) is 4.39 Å². The Morgan fingerprint density at radius 3 is 2.78 bits per heavy atom. The molecule has 2 aliphatic rings. The molecule has 1 aromatic rings. The van der Waals surface area contributed by atoms with Crippen LogP contribution in [-0.4, -0.2) is 56.7 Å². The Morgan fingerprint density at radius 1 is 1.33 bits per heavy atom. The van der Waals surface area contributed by atoms with Crippen LogP contribution in [0.1, 0.15) is 24.5 Å². The first kappa shape index (κ1) is 24.4. The van der Waals surface area contributed by atoms with Crippen molar-refractivity contribution in [2.75, 3.05) is 45.9 Å². The summed E-state index contributed by atoms with van der Waals surface area (Å²) < 4.78 is 19.8. The number of halogens is 4. The molecule has 9 heteroatoms. The van der Waals surface area contributed by atoms with Gasteiger partial charge in [-0.3, -0.25) is 9.69 Å². The average Bonchev–Trinajstić information content (AvgIpc) is 2.98. The number of ether oxygens (including phenoxy) is 1. The van der Waals surface area contributed by atoms with E-state index >= 15 is 0 Å². The maximum absolute atomic E-state index is 13.8. The lowest BCUT2D eigenvalue weighted by atomic mass is 9.95. The number of amides is 1. The Kier molecular flexibility index (Phi) is 10.9. The lowest BCUT2D eigenvalue weighted by Gasteiger charge is -2.26. The molecule has 1 aromatic carbocycles. The highest BCUT2D eigenvalue weighted by Gasteiger charge is 2.27. The van der Waals surface area contributed by atoms with Crippen molar-refractivity contribution in [3.63, 3.8) is 0 Å². The van der Waals surface area contributed by atoms with Crippen molar-refractivity contribution < 1.29 is 13.9 Å². The molecule has 1 amide bonds. The third kappa shape index (κ3) is 7.04. The number of rotatable bonds is 5. The smallest absolute Gasteiger partial charge is 0.234 e. The van der Waals surface area contributed by atoms with Crippen molar-refractivity contribution >= 4 is 42.3 Å². The Bertz CT molecular complexity index is 603. The molecule has 154 valence electrons. The highest BCUT2D eigenvalue weighted by molar-refractivity contribution is 6.30. The van der Waals surface area contributed by atoms with Crippen LogP contribution in [0.15, 0.2) is 18.2 Å². The molecule has 2 N–H and O–H groups in total. The van der Waals surface area contributed by atoms with Crippen LogP contribution in [0, 0.1) is 11.7 Å². The molecule has 0 saturated carbocycles. The molecule has 3 rings (SSSR count). The third-order valence-corrected chi connectivity index (χ3v) is 5.12. The molecule has 0 aromatic heterocycles. The highest BCUT2D eigenvalue weighted by Crippen LogP contribution is 2.29. The van der Waals surface area contributed by atoms with Gasteiger partial charge in [-0.2, -0.15) is 0 Å². The number of carbonyl (C=O) groups excluding carboxylic acids is 1. The molecule has 5 nitrogen and oxygen atoms in total. The fraction of sp³-hybridized carbons (Fsp3) is 0.611. The summed E-state index contributed by atoms with van der Waals surface area (Å²) in [7, 11) is 0. The summed E-state index contributed by atoms with van der Waals surface area (Å²) in [6.07, 6.45) is 2.06. The van der Waals surface area contributed by atoms with Crippen LogP contribution >= 0.6 is 36.4 Å². The van der Waals surface area contributed by atoms with E-state index in [0.29, 0.717) is 26.2 Å². The van der Waals surface area contributed by atoms with Crippen molar-refractivity contribution in [1.29, 1.82) is 0 Å². The lowest BCUT2D eigenvalue weighted by molar-refractivity contribution is -0.122. The first-order valence-corrected chi connectivity index (χ1v) is 9.27. The van der Waals surface area contributed by atoms with Gasteiger partial charge in [-0.25, -0.2) is 4.39 Å². The molecule has 0 unspecified atom stereocenters. The second-order valence-corrected chi connectivity index (χ2v) is 7.12. The van der Waals surface area contributed by atoms with Crippen LogP contribution in [-0.2, 0) is 9.53 Å². The normalized spacial score (nSPS) is 23.0. The molecular weight excluding hydrogens is 416 g/mol. The van der Waals surface area contributed by atoms with E-state index in [4.69, 9.17) is 16.3 Å². The van der Waals surface area contributed by atoms with Gasteiger partial charge in [-0.15, -0.1) is 24.8 Å². The maximum atomic E-state index is 13.8. The van der Waals surface area contributed by atoms with Crippen molar-refractivity contribution in [3.05, 3.63) is 34.6 Å². The molecule has 2 fully saturated rings. The van der Waals surface area contributed by atoms with E-state index in [9.17, 15) is 9.18 Å². The van der Waals surface area contributed by atoms with Crippen LogP contribution in [0.3, 0.4) is 0 Å². The van der Waals surface area contributed by atoms with Gasteiger partial charge in [0.05, 0.1) is 24.3 Å².